The van der Waals surface area contributed by atoms with Crippen molar-refractivity contribution in [1.29, 1.82) is 0 Å². The number of nitrogens with zero attached hydrogens (tertiary/aromatic N) is 2. The number of carbonyl (C=O) groups is 2. The van der Waals surface area contributed by atoms with E-state index in [1.54, 1.807) is 0 Å². The molecule has 1 saturated heterocycles. The Morgan fingerprint density at radius 1 is 0.962 bits per heavy atom. The number of amides is 3. The van der Waals surface area contributed by atoms with Crippen molar-refractivity contribution in [2.45, 2.75) is 6.92 Å². The Kier molecular flexibility index (Phi) is 4.05. The first kappa shape index (κ1) is 16.1. The van der Waals surface area contributed by atoms with Crippen molar-refractivity contribution in [2.75, 3.05) is 16.9 Å². The van der Waals surface area contributed by atoms with E-state index in [2.05, 4.69) is 5.32 Å². The lowest BCUT2D eigenvalue weighted by atomic mass is 10.1. The third-order valence-corrected chi connectivity index (χ3v) is 4.58. The number of urea groups is 1. The molecule has 3 amide bonds. The van der Waals surface area contributed by atoms with Gasteiger partial charge in [0.1, 0.15) is 0 Å². The highest BCUT2D eigenvalue weighted by molar-refractivity contribution is 6.06. The fourth-order valence-electron chi connectivity index (χ4n) is 3.27. The van der Waals surface area contributed by atoms with Crippen molar-refractivity contribution in [3.05, 3.63) is 72.8 Å². The number of anilines is 2. The Balaban J connectivity index is 1.65. The number of hydrogen-bond acceptors (Lipinski definition) is 2. The molecule has 0 aliphatic carbocycles. The molecule has 0 aromatic heterocycles. The van der Waals surface area contributed by atoms with Crippen molar-refractivity contribution in [1.82, 2.24) is 5.01 Å². The SMILES string of the molecule is CC1CN(C(=O)Nc2cccc3ccccc23)N(c2ccccc2)C1=O. The molecule has 1 heterocycles. The van der Waals surface area contributed by atoms with Gasteiger partial charge in [-0.25, -0.2) is 14.8 Å². The van der Waals surface area contributed by atoms with Crippen LogP contribution in [0.3, 0.4) is 0 Å². The topological polar surface area (TPSA) is 52.7 Å². The number of carbonyl (C=O) groups excluding carboxylic acids is 2. The van der Waals surface area contributed by atoms with Gasteiger partial charge >= 0.3 is 6.03 Å². The zero-order valence-corrected chi connectivity index (χ0v) is 14.4. The Morgan fingerprint density at radius 3 is 2.46 bits per heavy atom. The molecule has 3 aromatic rings. The van der Waals surface area contributed by atoms with Crippen LogP contribution >= 0.6 is 0 Å². The van der Waals surface area contributed by atoms with E-state index in [0.717, 1.165) is 16.5 Å². The molecule has 4 rings (SSSR count). The summed E-state index contributed by atoms with van der Waals surface area (Å²) in [5.41, 5.74) is 1.42. The summed E-state index contributed by atoms with van der Waals surface area (Å²) >= 11 is 0. The summed E-state index contributed by atoms with van der Waals surface area (Å²) < 4.78 is 0. The summed E-state index contributed by atoms with van der Waals surface area (Å²) in [4.78, 5) is 25.5. The summed E-state index contributed by atoms with van der Waals surface area (Å²) in [6.45, 7) is 2.19. The van der Waals surface area contributed by atoms with E-state index in [-0.39, 0.29) is 17.9 Å². The second-order valence-corrected chi connectivity index (χ2v) is 6.43. The molecule has 0 radical (unpaired) electrons. The van der Waals surface area contributed by atoms with Gasteiger partial charge in [0, 0.05) is 5.39 Å². The van der Waals surface area contributed by atoms with Gasteiger partial charge in [-0.1, -0.05) is 61.5 Å². The molecule has 3 aromatic carbocycles. The zero-order chi connectivity index (χ0) is 18.1. The fourth-order valence-corrected chi connectivity index (χ4v) is 3.27. The van der Waals surface area contributed by atoms with Crippen molar-refractivity contribution in [2.24, 2.45) is 5.92 Å². The molecule has 26 heavy (non-hydrogen) atoms. The highest BCUT2D eigenvalue weighted by Gasteiger charge is 2.39. The lowest BCUT2D eigenvalue weighted by Gasteiger charge is -2.28. The number of hydrogen-bond donors (Lipinski definition) is 1. The molecule has 0 spiro atoms. The van der Waals surface area contributed by atoms with Crippen LogP contribution in [0.25, 0.3) is 10.8 Å². The van der Waals surface area contributed by atoms with Gasteiger partial charge in [0.05, 0.1) is 23.8 Å². The highest BCUT2D eigenvalue weighted by Crippen LogP contribution is 2.28. The predicted molar refractivity (Wildman–Crippen MR) is 103 cm³/mol. The van der Waals surface area contributed by atoms with Gasteiger partial charge in [-0.3, -0.25) is 4.79 Å². The first-order valence-electron chi connectivity index (χ1n) is 8.60. The van der Waals surface area contributed by atoms with Gasteiger partial charge in [0.15, 0.2) is 0 Å². The molecular formula is C21H19N3O2. The standard InChI is InChI=1S/C21H19N3O2/c1-15-14-23(24(20(15)25)17-10-3-2-4-11-17)21(26)22-19-13-7-9-16-8-5-6-12-18(16)19/h2-13,15H,14H2,1H3,(H,22,26). The van der Waals surface area contributed by atoms with Crippen LogP contribution in [0.1, 0.15) is 6.92 Å². The van der Waals surface area contributed by atoms with Crippen molar-refractivity contribution in [3.8, 4) is 0 Å². The Hall–Kier alpha value is -3.34. The lowest BCUT2D eigenvalue weighted by Crippen LogP contribution is -2.45. The number of hydrazine groups is 1. The van der Waals surface area contributed by atoms with E-state index < -0.39 is 0 Å². The predicted octanol–water partition coefficient (Wildman–Crippen LogP) is 4.27. The summed E-state index contributed by atoms with van der Waals surface area (Å²) in [6.07, 6.45) is 0. The molecule has 1 atom stereocenters. The maximum absolute atomic E-state index is 13.0. The molecule has 5 nitrogen and oxygen atoms in total. The Morgan fingerprint density at radius 2 is 1.65 bits per heavy atom. The summed E-state index contributed by atoms with van der Waals surface area (Å²) in [7, 11) is 0. The normalized spacial score (nSPS) is 17.0. The monoisotopic (exact) mass is 345 g/mol. The molecule has 130 valence electrons. The average Bonchev–Trinajstić information content (AvgIpc) is 2.98. The molecule has 1 N–H and O–H groups in total. The highest BCUT2D eigenvalue weighted by atomic mass is 16.2. The summed E-state index contributed by atoms with van der Waals surface area (Å²) in [5.74, 6) is -0.322. The maximum atomic E-state index is 13.0. The van der Waals surface area contributed by atoms with Gasteiger partial charge in [-0.15, -0.1) is 0 Å². The second-order valence-electron chi connectivity index (χ2n) is 6.43. The van der Waals surface area contributed by atoms with Gasteiger partial charge in [-0.2, -0.15) is 0 Å². The van der Waals surface area contributed by atoms with Crippen molar-refractivity contribution < 1.29 is 9.59 Å². The molecule has 0 saturated carbocycles. The quantitative estimate of drug-likeness (QED) is 0.754. The minimum absolute atomic E-state index is 0.0794. The molecule has 1 aliphatic rings. The van der Waals surface area contributed by atoms with Crippen LogP contribution in [0.5, 0.6) is 0 Å². The van der Waals surface area contributed by atoms with Crippen LogP contribution in [0, 0.1) is 5.92 Å². The van der Waals surface area contributed by atoms with E-state index in [0.29, 0.717) is 12.2 Å². The van der Waals surface area contributed by atoms with E-state index in [4.69, 9.17) is 0 Å². The van der Waals surface area contributed by atoms with Crippen LogP contribution in [-0.2, 0) is 4.79 Å². The van der Waals surface area contributed by atoms with Crippen molar-refractivity contribution in [3.63, 3.8) is 0 Å². The number of nitrogens with one attached hydrogen (secondary N) is 1. The van der Waals surface area contributed by atoms with Gasteiger partial charge < -0.3 is 5.32 Å². The lowest BCUT2D eigenvalue weighted by molar-refractivity contribution is -0.120. The molecule has 0 bridgehead atoms. The van der Waals surface area contributed by atoms with E-state index >= 15 is 0 Å². The number of rotatable bonds is 2. The van der Waals surface area contributed by atoms with Gasteiger partial charge in [0.25, 0.3) is 5.91 Å². The van der Waals surface area contributed by atoms with E-state index in [1.165, 1.54) is 10.0 Å². The number of para-hydroxylation sites is 1. The second kappa shape index (κ2) is 6.52. The largest absolute Gasteiger partial charge is 0.341 e. The molecule has 1 unspecified atom stereocenters. The number of fused-ring (bicyclic) bond motifs is 1. The minimum Gasteiger partial charge on any atom is -0.306 e. The molecular weight excluding hydrogens is 326 g/mol. The fraction of sp³-hybridized carbons (Fsp3) is 0.143. The Labute approximate surface area is 151 Å². The van der Waals surface area contributed by atoms with E-state index in [1.807, 2.05) is 79.7 Å². The minimum atomic E-state index is -0.317. The van der Waals surface area contributed by atoms with Crippen LogP contribution in [0.2, 0.25) is 0 Å². The average molecular weight is 345 g/mol. The summed E-state index contributed by atoms with van der Waals surface area (Å²) in [5, 5.41) is 7.92. The maximum Gasteiger partial charge on any atom is 0.341 e. The van der Waals surface area contributed by atoms with Gasteiger partial charge in [-0.05, 0) is 23.6 Å². The molecule has 1 aliphatic heterocycles. The third-order valence-electron chi connectivity index (χ3n) is 4.58. The van der Waals surface area contributed by atoms with E-state index in [9.17, 15) is 9.59 Å². The Bertz CT molecular complexity index is 966. The van der Waals surface area contributed by atoms with Crippen LogP contribution in [0.15, 0.2) is 72.8 Å². The third kappa shape index (κ3) is 2.77. The van der Waals surface area contributed by atoms with Crippen molar-refractivity contribution >= 4 is 34.1 Å². The summed E-state index contributed by atoms with van der Waals surface area (Å²) in [6, 6.07) is 22.6. The van der Waals surface area contributed by atoms with Gasteiger partial charge in [0.2, 0.25) is 0 Å². The first-order chi connectivity index (χ1) is 12.6. The zero-order valence-electron chi connectivity index (χ0n) is 14.4. The smallest absolute Gasteiger partial charge is 0.306 e. The van der Waals surface area contributed by atoms with Crippen LogP contribution in [-0.4, -0.2) is 23.5 Å². The first-order valence-corrected chi connectivity index (χ1v) is 8.60. The number of benzene rings is 3. The van der Waals surface area contributed by atoms with Crippen LogP contribution < -0.4 is 10.3 Å². The molecule has 5 heteroatoms. The van der Waals surface area contributed by atoms with Crippen LogP contribution in [0.4, 0.5) is 16.2 Å². The molecule has 1 fully saturated rings.